The molecule has 2 aromatic carbocycles. The van der Waals surface area contributed by atoms with Crippen LogP contribution >= 0.6 is 23.2 Å². The van der Waals surface area contributed by atoms with Crippen LogP contribution in [-0.4, -0.2) is 52.4 Å². The summed E-state index contributed by atoms with van der Waals surface area (Å²) in [7, 11) is 0. The summed E-state index contributed by atoms with van der Waals surface area (Å²) in [4.78, 5) is 35.6. The fourth-order valence-corrected chi connectivity index (χ4v) is 4.65. The van der Waals surface area contributed by atoms with Gasteiger partial charge in [-0.3, -0.25) is 9.59 Å². The van der Waals surface area contributed by atoms with E-state index in [9.17, 15) is 9.59 Å². The highest BCUT2D eigenvalue weighted by atomic mass is 35.5. The molecule has 33 heavy (non-hydrogen) atoms. The van der Waals surface area contributed by atoms with Crippen LogP contribution < -0.4 is 10.6 Å². The van der Waals surface area contributed by atoms with Crippen molar-refractivity contribution < 1.29 is 9.59 Å². The predicted molar refractivity (Wildman–Crippen MR) is 131 cm³/mol. The maximum atomic E-state index is 13.1. The number of nitrogens with zero attached hydrogens (tertiary/aromatic N) is 2. The highest BCUT2D eigenvalue weighted by Gasteiger charge is 2.26. The summed E-state index contributed by atoms with van der Waals surface area (Å²) < 4.78 is 0. The van der Waals surface area contributed by atoms with E-state index in [1.165, 1.54) is 0 Å². The molecule has 1 fully saturated rings. The Morgan fingerprint density at radius 3 is 2.64 bits per heavy atom. The van der Waals surface area contributed by atoms with Crippen molar-refractivity contribution in [2.45, 2.75) is 38.8 Å². The van der Waals surface area contributed by atoms with Crippen molar-refractivity contribution in [3.05, 3.63) is 63.4 Å². The normalized spacial score (nSPS) is 15.4. The summed E-state index contributed by atoms with van der Waals surface area (Å²) in [6.07, 6.45) is 1.84. The van der Waals surface area contributed by atoms with Gasteiger partial charge < -0.3 is 20.5 Å². The van der Waals surface area contributed by atoms with Gasteiger partial charge in [0, 0.05) is 23.2 Å². The second kappa shape index (κ2) is 10.1. The molecule has 4 rings (SSSR count). The highest BCUT2D eigenvalue weighted by molar-refractivity contribution is 6.34. The fourth-order valence-electron chi connectivity index (χ4n) is 4.22. The number of benzene rings is 2. The Kier molecular flexibility index (Phi) is 7.22. The monoisotopic (exact) mass is 487 g/mol. The van der Waals surface area contributed by atoms with Crippen LogP contribution in [0.3, 0.4) is 0 Å². The predicted octanol–water partition coefficient (Wildman–Crippen LogP) is 4.57. The minimum atomic E-state index is -0.362. The second-order valence-corrected chi connectivity index (χ2v) is 9.09. The SMILES string of the molecule is CCN(C(=O)c1ccc(C(=O)NC(C)c2nc3cc(Cl)ccc3[nH]2)cc1Cl)C1CCNCC1. The molecule has 9 heteroatoms. The number of halogens is 2. The maximum Gasteiger partial charge on any atom is 0.255 e. The number of carbonyl (C=O) groups excluding carboxylic acids is 2. The minimum absolute atomic E-state index is 0.101. The number of nitrogens with one attached hydrogen (secondary N) is 3. The van der Waals surface area contributed by atoms with E-state index in [1.54, 1.807) is 30.3 Å². The van der Waals surface area contributed by atoms with Crippen LogP contribution in [0.15, 0.2) is 36.4 Å². The van der Waals surface area contributed by atoms with E-state index in [4.69, 9.17) is 23.2 Å². The third-order valence-electron chi connectivity index (χ3n) is 6.03. The van der Waals surface area contributed by atoms with Crippen molar-refractivity contribution in [3.8, 4) is 0 Å². The van der Waals surface area contributed by atoms with Gasteiger partial charge in [-0.1, -0.05) is 23.2 Å². The molecule has 0 radical (unpaired) electrons. The van der Waals surface area contributed by atoms with Crippen LogP contribution in [0, 0.1) is 0 Å². The van der Waals surface area contributed by atoms with Gasteiger partial charge in [-0.15, -0.1) is 0 Å². The van der Waals surface area contributed by atoms with Gasteiger partial charge in [0.2, 0.25) is 0 Å². The molecule has 0 spiro atoms. The van der Waals surface area contributed by atoms with Crippen LogP contribution in [0.4, 0.5) is 0 Å². The quantitative estimate of drug-likeness (QED) is 0.474. The average molecular weight is 488 g/mol. The van der Waals surface area contributed by atoms with Gasteiger partial charge in [-0.2, -0.15) is 0 Å². The van der Waals surface area contributed by atoms with Crippen molar-refractivity contribution in [1.82, 2.24) is 25.5 Å². The van der Waals surface area contributed by atoms with Crippen molar-refractivity contribution in [3.63, 3.8) is 0 Å². The summed E-state index contributed by atoms with van der Waals surface area (Å²) in [5.41, 5.74) is 2.37. The van der Waals surface area contributed by atoms with Gasteiger partial charge in [0.15, 0.2) is 0 Å². The third-order valence-corrected chi connectivity index (χ3v) is 6.58. The molecular weight excluding hydrogens is 461 g/mol. The zero-order valence-corrected chi connectivity index (χ0v) is 20.1. The first kappa shape index (κ1) is 23.5. The second-order valence-electron chi connectivity index (χ2n) is 8.25. The smallest absolute Gasteiger partial charge is 0.255 e. The largest absolute Gasteiger partial charge is 0.342 e. The summed E-state index contributed by atoms with van der Waals surface area (Å²) in [6.45, 7) is 6.23. The number of H-pyrrole nitrogens is 1. The number of imidazole rings is 1. The number of aromatic amines is 1. The number of hydrogen-bond acceptors (Lipinski definition) is 4. The van der Waals surface area contributed by atoms with Gasteiger partial charge in [0.1, 0.15) is 5.82 Å². The molecule has 1 aliphatic heterocycles. The number of hydrogen-bond donors (Lipinski definition) is 3. The Bertz CT molecular complexity index is 1170. The molecule has 1 atom stereocenters. The van der Waals surface area contributed by atoms with E-state index >= 15 is 0 Å². The Morgan fingerprint density at radius 1 is 1.18 bits per heavy atom. The fraction of sp³-hybridized carbons (Fsp3) is 0.375. The van der Waals surface area contributed by atoms with E-state index in [0.29, 0.717) is 28.5 Å². The molecule has 7 nitrogen and oxygen atoms in total. The van der Waals surface area contributed by atoms with Gasteiger partial charge in [0.05, 0.1) is 27.7 Å². The number of fused-ring (bicyclic) bond motifs is 1. The van der Waals surface area contributed by atoms with Crippen LogP contribution in [0.1, 0.15) is 59.3 Å². The van der Waals surface area contributed by atoms with E-state index in [-0.39, 0.29) is 28.9 Å². The first-order valence-electron chi connectivity index (χ1n) is 11.1. The molecule has 1 saturated heterocycles. The third kappa shape index (κ3) is 5.16. The van der Waals surface area contributed by atoms with Crippen molar-refractivity contribution >= 4 is 46.0 Å². The number of carbonyl (C=O) groups is 2. The van der Waals surface area contributed by atoms with Crippen molar-refractivity contribution in [1.29, 1.82) is 0 Å². The van der Waals surface area contributed by atoms with E-state index in [1.807, 2.05) is 24.8 Å². The van der Waals surface area contributed by atoms with Crippen LogP contribution in [0.5, 0.6) is 0 Å². The minimum Gasteiger partial charge on any atom is -0.342 e. The molecule has 2 amide bonds. The summed E-state index contributed by atoms with van der Waals surface area (Å²) in [5.74, 6) is 0.224. The van der Waals surface area contributed by atoms with E-state index in [2.05, 4.69) is 20.6 Å². The Morgan fingerprint density at radius 2 is 1.94 bits per heavy atom. The van der Waals surface area contributed by atoms with Crippen molar-refractivity contribution in [2.75, 3.05) is 19.6 Å². The first-order valence-corrected chi connectivity index (χ1v) is 11.9. The molecule has 1 aliphatic rings. The van der Waals surface area contributed by atoms with Crippen LogP contribution in [0.2, 0.25) is 10.0 Å². The highest BCUT2D eigenvalue weighted by Crippen LogP contribution is 2.24. The average Bonchev–Trinajstić information content (AvgIpc) is 3.23. The first-order chi connectivity index (χ1) is 15.9. The summed E-state index contributed by atoms with van der Waals surface area (Å²) in [6, 6.07) is 10.1. The zero-order valence-electron chi connectivity index (χ0n) is 18.6. The van der Waals surface area contributed by atoms with Crippen molar-refractivity contribution in [2.24, 2.45) is 0 Å². The standard InChI is InChI=1S/C24H27Cl2N5O2/c1-3-31(17-8-10-27-11-9-17)24(33)18-6-4-15(12-19(18)26)23(32)28-14(2)22-29-20-7-5-16(25)13-21(20)30-22/h4-7,12-14,17,27H,3,8-11H2,1-2H3,(H,28,32)(H,29,30). The molecule has 2 heterocycles. The molecule has 3 aromatic rings. The Hall–Kier alpha value is -2.61. The maximum absolute atomic E-state index is 13.1. The molecule has 1 unspecified atom stereocenters. The molecule has 3 N–H and O–H groups in total. The van der Waals surface area contributed by atoms with Gasteiger partial charge in [-0.05, 0) is 76.2 Å². The summed E-state index contributed by atoms with van der Waals surface area (Å²) in [5, 5.41) is 7.11. The molecule has 174 valence electrons. The lowest BCUT2D eigenvalue weighted by atomic mass is 10.0. The molecular formula is C24H27Cl2N5O2. The molecule has 0 aliphatic carbocycles. The molecule has 0 saturated carbocycles. The molecule has 0 bridgehead atoms. The number of piperidine rings is 1. The van der Waals surface area contributed by atoms with Crippen LogP contribution in [-0.2, 0) is 0 Å². The lowest BCUT2D eigenvalue weighted by molar-refractivity contribution is 0.0656. The number of rotatable bonds is 6. The lowest BCUT2D eigenvalue weighted by Gasteiger charge is -2.34. The Labute approximate surface area is 202 Å². The van der Waals surface area contributed by atoms with Gasteiger partial charge in [0.25, 0.3) is 11.8 Å². The van der Waals surface area contributed by atoms with E-state index in [0.717, 1.165) is 37.0 Å². The topological polar surface area (TPSA) is 90.1 Å². The van der Waals surface area contributed by atoms with E-state index < -0.39 is 0 Å². The lowest BCUT2D eigenvalue weighted by Crippen LogP contribution is -2.46. The van der Waals surface area contributed by atoms with Crippen LogP contribution in [0.25, 0.3) is 11.0 Å². The summed E-state index contributed by atoms with van der Waals surface area (Å²) >= 11 is 12.5. The molecule has 1 aromatic heterocycles. The number of amides is 2. The number of aromatic nitrogens is 2. The zero-order chi connectivity index (χ0) is 23.5. The van der Waals surface area contributed by atoms with Gasteiger partial charge >= 0.3 is 0 Å². The van der Waals surface area contributed by atoms with Gasteiger partial charge in [-0.25, -0.2) is 4.98 Å². The Balaban J connectivity index is 1.47.